The molecule has 0 amide bonds. The lowest BCUT2D eigenvalue weighted by Gasteiger charge is -2.25. The first-order valence-electron chi connectivity index (χ1n) is 9.91. The Bertz CT molecular complexity index is 1310. The third kappa shape index (κ3) is 4.00. The van der Waals surface area contributed by atoms with Gasteiger partial charge in [-0.3, -0.25) is 9.36 Å². The molecule has 8 heteroatoms. The largest absolute Gasteiger partial charge is 0.463 e. The molecule has 1 atom stereocenters. The van der Waals surface area contributed by atoms with Crippen LogP contribution in [0, 0.1) is 0 Å². The molecule has 1 aromatic carbocycles. The van der Waals surface area contributed by atoms with Gasteiger partial charge in [-0.05, 0) is 49.1 Å². The van der Waals surface area contributed by atoms with Crippen molar-refractivity contribution < 1.29 is 9.53 Å². The number of fused-ring (bicyclic) bond motifs is 1. The number of nitrogens with zero attached hydrogens (tertiary/aromatic N) is 3. The number of esters is 1. The molecule has 2 aromatic heterocycles. The van der Waals surface area contributed by atoms with Crippen LogP contribution in [0.3, 0.4) is 0 Å². The van der Waals surface area contributed by atoms with E-state index in [-0.39, 0.29) is 12.2 Å². The first-order valence-corrected chi connectivity index (χ1v) is 11.6. The summed E-state index contributed by atoms with van der Waals surface area (Å²) in [4.78, 5) is 34.5. The van der Waals surface area contributed by atoms with Crippen LogP contribution in [0.15, 0.2) is 62.8 Å². The number of thiazole rings is 1. The van der Waals surface area contributed by atoms with Gasteiger partial charge in [0.15, 0.2) is 4.80 Å². The zero-order valence-corrected chi connectivity index (χ0v) is 19.4. The fraction of sp³-hybridized carbons (Fsp3) is 0.261. The van der Waals surface area contributed by atoms with E-state index in [0.717, 1.165) is 16.1 Å². The highest BCUT2D eigenvalue weighted by atomic mass is 32.1. The van der Waals surface area contributed by atoms with Crippen LogP contribution >= 0.6 is 22.7 Å². The Balaban J connectivity index is 1.94. The van der Waals surface area contributed by atoms with E-state index in [9.17, 15) is 9.59 Å². The fourth-order valence-electron chi connectivity index (χ4n) is 3.56. The maximum absolute atomic E-state index is 13.4. The third-order valence-electron chi connectivity index (χ3n) is 5.06. The summed E-state index contributed by atoms with van der Waals surface area (Å²) in [7, 11) is 3.94. The summed E-state index contributed by atoms with van der Waals surface area (Å²) >= 11 is 2.91. The zero-order valence-electron chi connectivity index (χ0n) is 17.8. The van der Waals surface area contributed by atoms with Crippen molar-refractivity contribution in [1.29, 1.82) is 0 Å². The average molecular weight is 454 g/mol. The van der Waals surface area contributed by atoms with E-state index in [1.165, 1.54) is 11.3 Å². The van der Waals surface area contributed by atoms with Gasteiger partial charge in [0, 0.05) is 24.7 Å². The van der Waals surface area contributed by atoms with E-state index in [4.69, 9.17) is 4.74 Å². The van der Waals surface area contributed by atoms with Crippen LogP contribution in [0.4, 0.5) is 5.69 Å². The smallest absolute Gasteiger partial charge is 0.338 e. The first-order chi connectivity index (χ1) is 14.9. The molecule has 0 saturated carbocycles. The highest BCUT2D eigenvalue weighted by Crippen LogP contribution is 2.31. The molecule has 6 nitrogen and oxygen atoms in total. The Labute approximate surface area is 188 Å². The lowest BCUT2D eigenvalue weighted by molar-refractivity contribution is -0.139. The van der Waals surface area contributed by atoms with Crippen LogP contribution in [-0.4, -0.2) is 31.2 Å². The minimum atomic E-state index is -0.586. The maximum Gasteiger partial charge on any atom is 0.338 e. The lowest BCUT2D eigenvalue weighted by Crippen LogP contribution is -2.39. The summed E-state index contributed by atoms with van der Waals surface area (Å²) in [5, 5.41) is 1.97. The van der Waals surface area contributed by atoms with Crippen molar-refractivity contribution in [1.82, 2.24) is 4.57 Å². The number of hydrogen-bond donors (Lipinski definition) is 0. The van der Waals surface area contributed by atoms with Crippen molar-refractivity contribution in [3.8, 4) is 0 Å². The summed E-state index contributed by atoms with van der Waals surface area (Å²) in [6, 6.07) is 11.2. The predicted molar refractivity (Wildman–Crippen MR) is 125 cm³/mol. The van der Waals surface area contributed by atoms with Gasteiger partial charge in [-0.2, -0.15) is 0 Å². The SMILES string of the molecule is CCOC(=O)C1=C(C)N=c2s/c(=C\c3cccs3)c(=O)n2C1c1ccc(N(C)C)cc1. The molecule has 0 spiro atoms. The maximum atomic E-state index is 13.4. The van der Waals surface area contributed by atoms with Gasteiger partial charge in [-0.15, -0.1) is 11.3 Å². The summed E-state index contributed by atoms with van der Waals surface area (Å²) in [6.45, 7) is 3.82. The summed E-state index contributed by atoms with van der Waals surface area (Å²) < 4.78 is 7.54. The Morgan fingerprint density at radius 3 is 2.61 bits per heavy atom. The van der Waals surface area contributed by atoms with Gasteiger partial charge >= 0.3 is 5.97 Å². The Hall–Kier alpha value is -2.97. The van der Waals surface area contributed by atoms with Crippen LogP contribution in [0.5, 0.6) is 0 Å². The number of aromatic nitrogens is 1. The molecule has 31 heavy (non-hydrogen) atoms. The number of rotatable bonds is 5. The molecule has 1 unspecified atom stereocenters. The molecule has 1 aliphatic heterocycles. The van der Waals surface area contributed by atoms with E-state index in [1.807, 2.05) is 66.8 Å². The van der Waals surface area contributed by atoms with E-state index < -0.39 is 12.0 Å². The number of benzene rings is 1. The second-order valence-corrected chi connectivity index (χ2v) is 9.29. The standard InChI is InChI=1S/C23H23N3O3S2/c1-5-29-22(28)19-14(2)24-23-26(20(19)15-8-10-16(11-9-15)25(3)4)21(27)18(31-23)13-17-7-6-12-30-17/h6-13,20H,5H2,1-4H3/b18-13-. The van der Waals surface area contributed by atoms with Crippen LogP contribution in [0.25, 0.3) is 6.08 Å². The highest BCUT2D eigenvalue weighted by Gasteiger charge is 2.33. The molecule has 0 N–H and O–H groups in total. The van der Waals surface area contributed by atoms with Crippen molar-refractivity contribution in [3.63, 3.8) is 0 Å². The second kappa shape index (κ2) is 8.64. The molecule has 0 radical (unpaired) electrons. The van der Waals surface area contributed by atoms with E-state index in [2.05, 4.69) is 4.99 Å². The van der Waals surface area contributed by atoms with Crippen molar-refractivity contribution >= 4 is 40.4 Å². The minimum absolute atomic E-state index is 0.159. The molecule has 1 aliphatic rings. The number of carbonyl (C=O) groups is 1. The Morgan fingerprint density at radius 2 is 2.00 bits per heavy atom. The monoisotopic (exact) mass is 453 g/mol. The van der Waals surface area contributed by atoms with E-state index >= 15 is 0 Å². The van der Waals surface area contributed by atoms with E-state index in [1.54, 1.807) is 29.8 Å². The molecule has 0 saturated heterocycles. The lowest BCUT2D eigenvalue weighted by atomic mass is 9.95. The van der Waals surface area contributed by atoms with E-state index in [0.29, 0.717) is 20.6 Å². The van der Waals surface area contributed by atoms with Crippen molar-refractivity contribution in [2.24, 2.45) is 4.99 Å². The third-order valence-corrected chi connectivity index (χ3v) is 6.86. The van der Waals surface area contributed by atoms with Gasteiger partial charge in [0.05, 0.1) is 28.5 Å². The van der Waals surface area contributed by atoms with Crippen molar-refractivity contribution in [3.05, 3.63) is 83.2 Å². The summed E-state index contributed by atoms with van der Waals surface area (Å²) in [5.74, 6) is -0.446. The van der Waals surface area contributed by atoms with Gasteiger partial charge in [-0.1, -0.05) is 29.5 Å². The van der Waals surface area contributed by atoms with Crippen molar-refractivity contribution in [2.45, 2.75) is 19.9 Å². The Kier molecular flexibility index (Phi) is 5.93. The molecule has 3 aromatic rings. The van der Waals surface area contributed by atoms with Crippen LogP contribution in [0.1, 0.15) is 30.3 Å². The quantitative estimate of drug-likeness (QED) is 0.558. The van der Waals surface area contributed by atoms with Crippen molar-refractivity contribution in [2.75, 3.05) is 25.6 Å². The number of allylic oxidation sites excluding steroid dienone is 1. The average Bonchev–Trinajstić information content (AvgIpc) is 3.35. The van der Waals surface area contributed by atoms with Crippen LogP contribution < -0.4 is 19.8 Å². The topological polar surface area (TPSA) is 63.9 Å². The van der Waals surface area contributed by atoms with Gasteiger partial charge in [0.1, 0.15) is 0 Å². The van der Waals surface area contributed by atoms with Crippen LogP contribution in [0.2, 0.25) is 0 Å². The number of hydrogen-bond acceptors (Lipinski definition) is 7. The van der Waals surface area contributed by atoms with Gasteiger partial charge in [0.25, 0.3) is 5.56 Å². The second-order valence-electron chi connectivity index (χ2n) is 7.30. The molecule has 0 fully saturated rings. The number of anilines is 1. The van der Waals surface area contributed by atoms with Crippen LogP contribution in [-0.2, 0) is 9.53 Å². The molecule has 3 heterocycles. The molecule has 0 bridgehead atoms. The van der Waals surface area contributed by atoms with Gasteiger partial charge in [0.2, 0.25) is 0 Å². The number of thiophene rings is 1. The minimum Gasteiger partial charge on any atom is -0.463 e. The summed E-state index contributed by atoms with van der Waals surface area (Å²) in [5.41, 5.74) is 2.69. The molecular weight excluding hydrogens is 430 g/mol. The normalized spacial score (nSPS) is 16.1. The molecule has 4 rings (SSSR count). The fourth-order valence-corrected chi connectivity index (χ4v) is 5.33. The molecular formula is C23H23N3O3S2. The molecule has 0 aliphatic carbocycles. The first kappa shape index (κ1) is 21.3. The Morgan fingerprint density at radius 1 is 1.26 bits per heavy atom. The zero-order chi connectivity index (χ0) is 22.1. The predicted octanol–water partition coefficient (Wildman–Crippen LogP) is 2.93. The number of ether oxygens (including phenoxy) is 1. The summed E-state index contributed by atoms with van der Waals surface area (Å²) in [6.07, 6.45) is 1.88. The highest BCUT2D eigenvalue weighted by molar-refractivity contribution is 7.11. The van der Waals surface area contributed by atoms with Gasteiger partial charge in [-0.25, -0.2) is 9.79 Å². The molecule has 160 valence electrons. The number of carbonyl (C=O) groups excluding carboxylic acids is 1. The van der Waals surface area contributed by atoms with Gasteiger partial charge < -0.3 is 9.64 Å².